The number of esters is 1. The van der Waals surface area contributed by atoms with Gasteiger partial charge in [-0.25, -0.2) is 9.00 Å². The molecule has 0 amide bonds. The lowest BCUT2D eigenvalue weighted by Gasteiger charge is -2.09. The van der Waals surface area contributed by atoms with Gasteiger partial charge in [0.2, 0.25) is 0 Å². The van der Waals surface area contributed by atoms with E-state index in [1.54, 1.807) is 0 Å². The van der Waals surface area contributed by atoms with Crippen LogP contribution in [0.25, 0.3) is 0 Å². The van der Waals surface area contributed by atoms with Gasteiger partial charge in [0.1, 0.15) is 0 Å². The second-order valence-electron chi connectivity index (χ2n) is 3.13. The standard InChI is InChI=1S/C10H7F3O5S.CH4/c1-17-9(15)6-2-3-8(7(4-6)5-14)18-19(16)10(11,12)13;/h2-5H,1H3;1H4. The Morgan fingerprint density at radius 3 is 2.40 bits per heavy atom. The molecular formula is C11H11F3O5S. The first-order chi connectivity index (χ1) is 8.79. The van der Waals surface area contributed by atoms with Crippen molar-refractivity contribution in [1.29, 1.82) is 0 Å². The summed E-state index contributed by atoms with van der Waals surface area (Å²) in [7, 11) is 1.10. The van der Waals surface area contributed by atoms with E-state index in [1.165, 1.54) is 0 Å². The van der Waals surface area contributed by atoms with Crippen LogP contribution in [0.5, 0.6) is 5.75 Å². The van der Waals surface area contributed by atoms with E-state index in [0.717, 1.165) is 25.3 Å². The van der Waals surface area contributed by atoms with E-state index in [1.807, 2.05) is 0 Å². The smallest absolute Gasteiger partial charge is 0.465 e. The largest absolute Gasteiger partial charge is 0.508 e. The molecule has 0 N–H and O–H groups in total. The van der Waals surface area contributed by atoms with Crippen LogP contribution in [0, 0.1) is 0 Å². The molecule has 20 heavy (non-hydrogen) atoms. The highest BCUT2D eigenvalue weighted by atomic mass is 32.2. The summed E-state index contributed by atoms with van der Waals surface area (Å²) in [5.41, 5.74) is -5.46. The first kappa shape index (κ1) is 18.1. The van der Waals surface area contributed by atoms with Crippen LogP contribution in [0.15, 0.2) is 18.2 Å². The van der Waals surface area contributed by atoms with E-state index >= 15 is 0 Å². The van der Waals surface area contributed by atoms with Gasteiger partial charge in [0, 0.05) is 0 Å². The molecule has 1 aromatic rings. The molecule has 0 radical (unpaired) electrons. The number of aldehydes is 1. The zero-order valence-electron chi connectivity index (χ0n) is 9.39. The fourth-order valence-corrected chi connectivity index (χ4v) is 1.50. The van der Waals surface area contributed by atoms with E-state index < -0.39 is 28.3 Å². The lowest BCUT2D eigenvalue weighted by molar-refractivity contribution is -0.0437. The number of alkyl halides is 3. The normalized spacial score (nSPS) is 12.0. The van der Waals surface area contributed by atoms with Gasteiger partial charge in [-0.05, 0) is 18.2 Å². The highest BCUT2D eigenvalue weighted by Crippen LogP contribution is 2.26. The number of methoxy groups -OCH3 is 1. The average Bonchev–Trinajstić information content (AvgIpc) is 2.37. The number of halogens is 3. The van der Waals surface area contributed by atoms with Crippen LogP contribution in [-0.2, 0) is 15.8 Å². The van der Waals surface area contributed by atoms with E-state index in [-0.39, 0.29) is 24.8 Å². The SMILES string of the molecule is C.COC(=O)c1ccc(OS(=O)C(F)(F)F)c(C=O)c1. The highest BCUT2D eigenvalue weighted by Gasteiger charge is 2.40. The van der Waals surface area contributed by atoms with Gasteiger partial charge in [-0.15, -0.1) is 0 Å². The Kier molecular flexibility index (Phi) is 6.37. The lowest BCUT2D eigenvalue weighted by atomic mass is 10.1. The summed E-state index contributed by atoms with van der Waals surface area (Å²) in [6.07, 6.45) is 0.176. The molecular weight excluding hydrogens is 301 g/mol. The highest BCUT2D eigenvalue weighted by molar-refractivity contribution is 7.81. The topological polar surface area (TPSA) is 69.7 Å². The van der Waals surface area contributed by atoms with Crippen molar-refractivity contribution in [3.63, 3.8) is 0 Å². The molecule has 5 nitrogen and oxygen atoms in total. The van der Waals surface area contributed by atoms with Gasteiger partial charge in [-0.2, -0.15) is 13.2 Å². The van der Waals surface area contributed by atoms with Crippen molar-refractivity contribution in [2.24, 2.45) is 0 Å². The molecule has 0 bridgehead atoms. The van der Waals surface area contributed by atoms with Crippen LogP contribution in [-0.4, -0.2) is 29.1 Å². The Balaban J connectivity index is 0.00000361. The third kappa shape index (κ3) is 4.34. The number of carbonyl (C=O) groups is 2. The fraction of sp³-hybridized carbons (Fsp3) is 0.273. The maximum Gasteiger partial charge on any atom is 0.508 e. The second-order valence-corrected chi connectivity index (χ2v) is 4.22. The molecule has 0 aromatic heterocycles. The van der Waals surface area contributed by atoms with Crippen molar-refractivity contribution in [3.8, 4) is 5.75 Å². The molecule has 0 spiro atoms. The molecule has 0 aliphatic rings. The molecule has 1 rings (SSSR count). The molecule has 112 valence electrons. The molecule has 1 atom stereocenters. The number of hydrogen-bond acceptors (Lipinski definition) is 5. The number of rotatable bonds is 4. The minimum absolute atomic E-state index is 0. The van der Waals surface area contributed by atoms with Crippen molar-refractivity contribution in [2.75, 3.05) is 7.11 Å². The van der Waals surface area contributed by atoms with Crippen molar-refractivity contribution in [3.05, 3.63) is 29.3 Å². The lowest BCUT2D eigenvalue weighted by Crippen LogP contribution is -2.21. The predicted octanol–water partition coefficient (Wildman–Crippen LogP) is 2.48. The molecule has 0 heterocycles. The minimum atomic E-state index is -5.07. The van der Waals surface area contributed by atoms with Gasteiger partial charge in [0.05, 0.1) is 18.2 Å². The maximum atomic E-state index is 12.0. The molecule has 0 saturated heterocycles. The summed E-state index contributed by atoms with van der Waals surface area (Å²) in [5.74, 6) is -1.31. The molecule has 0 fully saturated rings. The second kappa shape index (κ2) is 7.04. The summed E-state index contributed by atoms with van der Waals surface area (Å²) in [6.45, 7) is 0. The maximum absolute atomic E-state index is 12.0. The van der Waals surface area contributed by atoms with E-state index in [4.69, 9.17) is 0 Å². The summed E-state index contributed by atoms with van der Waals surface area (Å²) in [6, 6.07) is 2.99. The number of hydrogen-bond donors (Lipinski definition) is 0. The van der Waals surface area contributed by atoms with Gasteiger partial charge in [-0.3, -0.25) is 4.79 Å². The number of ether oxygens (including phenoxy) is 1. The summed E-state index contributed by atoms with van der Waals surface area (Å²) >= 11 is -3.59. The Hall–Kier alpha value is -1.90. The number of benzene rings is 1. The van der Waals surface area contributed by atoms with E-state index in [2.05, 4.69) is 8.92 Å². The molecule has 9 heteroatoms. The third-order valence-corrected chi connectivity index (χ3v) is 2.62. The molecule has 0 aliphatic carbocycles. The quantitative estimate of drug-likeness (QED) is 0.631. The summed E-state index contributed by atoms with van der Waals surface area (Å²) in [4.78, 5) is 21.9. The van der Waals surface area contributed by atoms with Crippen LogP contribution in [0.3, 0.4) is 0 Å². The van der Waals surface area contributed by atoms with Gasteiger partial charge in [0.15, 0.2) is 12.0 Å². The van der Waals surface area contributed by atoms with Crippen molar-refractivity contribution in [2.45, 2.75) is 12.9 Å². The third-order valence-electron chi connectivity index (χ3n) is 1.91. The Labute approximate surface area is 115 Å². The van der Waals surface area contributed by atoms with Crippen molar-refractivity contribution >= 4 is 23.3 Å². The summed E-state index contributed by atoms with van der Waals surface area (Å²) in [5, 5.41) is 0. The first-order valence-electron chi connectivity index (χ1n) is 4.64. The zero-order valence-corrected chi connectivity index (χ0v) is 10.2. The van der Waals surface area contributed by atoms with Gasteiger partial charge in [0.25, 0.3) is 0 Å². The Morgan fingerprint density at radius 1 is 1.35 bits per heavy atom. The monoisotopic (exact) mass is 312 g/mol. The van der Waals surface area contributed by atoms with Gasteiger partial charge >= 0.3 is 22.6 Å². The van der Waals surface area contributed by atoms with Gasteiger partial charge in [-0.1, -0.05) is 7.43 Å². The molecule has 1 unspecified atom stereocenters. The molecule has 0 saturated carbocycles. The predicted molar refractivity (Wildman–Crippen MR) is 64.7 cm³/mol. The van der Waals surface area contributed by atoms with Crippen LogP contribution < -0.4 is 4.18 Å². The van der Waals surface area contributed by atoms with Crippen molar-refractivity contribution in [1.82, 2.24) is 0 Å². The Bertz CT molecular complexity index is 527. The number of carbonyl (C=O) groups excluding carboxylic acids is 2. The van der Waals surface area contributed by atoms with E-state index in [9.17, 15) is 27.0 Å². The van der Waals surface area contributed by atoms with Gasteiger partial charge < -0.3 is 8.92 Å². The summed E-state index contributed by atoms with van der Waals surface area (Å²) < 4.78 is 55.4. The average molecular weight is 312 g/mol. The molecule has 1 aromatic carbocycles. The van der Waals surface area contributed by atoms with Crippen LogP contribution in [0.4, 0.5) is 13.2 Å². The fourth-order valence-electron chi connectivity index (χ4n) is 1.09. The Morgan fingerprint density at radius 2 is 1.95 bits per heavy atom. The van der Waals surface area contributed by atoms with Crippen molar-refractivity contribution < 1.29 is 35.9 Å². The van der Waals surface area contributed by atoms with Crippen LogP contribution >= 0.6 is 0 Å². The molecule has 0 aliphatic heterocycles. The van der Waals surface area contributed by atoms with Crippen LogP contribution in [0.2, 0.25) is 0 Å². The zero-order chi connectivity index (χ0) is 14.6. The van der Waals surface area contributed by atoms with Crippen LogP contribution in [0.1, 0.15) is 28.1 Å². The first-order valence-corrected chi connectivity index (χ1v) is 5.71. The minimum Gasteiger partial charge on any atom is -0.465 e. The van der Waals surface area contributed by atoms with E-state index in [0.29, 0.717) is 0 Å².